The van der Waals surface area contributed by atoms with Crippen molar-refractivity contribution in [3.63, 3.8) is 0 Å². The van der Waals surface area contributed by atoms with Gasteiger partial charge >= 0.3 is 6.18 Å². The van der Waals surface area contributed by atoms with Gasteiger partial charge in [0.1, 0.15) is 5.01 Å². The number of aryl methyl sites for hydroxylation is 1. The summed E-state index contributed by atoms with van der Waals surface area (Å²) in [5.41, 5.74) is -0.302. The van der Waals surface area contributed by atoms with E-state index in [0.717, 1.165) is 22.0 Å². The highest BCUT2D eigenvalue weighted by atomic mass is 32.1. The number of nitrogens with zero attached hydrogens (tertiary/aromatic N) is 3. The molecule has 0 atom stereocenters. The summed E-state index contributed by atoms with van der Waals surface area (Å²) < 4.78 is 38.6. The molecule has 0 aliphatic carbocycles. The van der Waals surface area contributed by atoms with E-state index >= 15 is 0 Å². The average molecular weight is 413 g/mol. The first kappa shape index (κ1) is 21.7. The third-order valence-electron chi connectivity index (χ3n) is 3.66. The zero-order valence-electron chi connectivity index (χ0n) is 15.8. The maximum absolute atomic E-state index is 12.9. The Kier molecular flexibility index (Phi) is 7.38. The molecule has 0 spiro atoms. The third-order valence-corrected chi connectivity index (χ3v) is 4.57. The molecule has 1 amide bonds. The molecule has 0 aliphatic rings. The number of hydrogen-bond acceptors (Lipinski definition) is 4. The number of halogens is 3. The molecule has 1 aromatic carbocycles. The number of amides is 1. The fraction of sp³-hybridized carbons (Fsp3) is 0.389. The number of carbonyl (C=O) groups excluding carboxylic acids is 1. The maximum atomic E-state index is 12.9. The number of aromatic nitrogens is 1. The minimum atomic E-state index is -4.40. The van der Waals surface area contributed by atoms with Gasteiger partial charge in [-0.15, -0.1) is 11.3 Å². The number of guanidine groups is 1. The van der Waals surface area contributed by atoms with Crippen molar-refractivity contribution in [1.82, 2.24) is 20.5 Å². The number of hydrogen-bond donors (Lipinski definition) is 2. The Morgan fingerprint density at radius 3 is 2.64 bits per heavy atom. The van der Waals surface area contributed by atoms with Crippen molar-refractivity contribution in [2.24, 2.45) is 4.99 Å². The fourth-order valence-electron chi connectivity index (χ4n) is 2.15. The molecule has 0 bridgehead atoms. The lowest BCUT2D eigenvalue weighted by Crippen LogP contribution is -2.42. The molecule has 28 heavy (non-hydrogen) atoms. The molecule has 0 unspecified atom stereocenters. The summed E-state index contributed by atoms with van der Waals surface area (Å²) in [6.07, 6.45) is -2.65. The molecule has 2 aromatic rings. The number of carbonyl (C=O) groups is 1. The van der Waals surface area contributed by atoms with Crippen LogP contribution in [0.15, 0.2) is 35.5 Å². The lowest BCUT2D eigenvalue weighted by molar-refractivity contribution is -0.137. The predicted molar refractivity (Wildman–Crippen MR) is 103 cm³/mol. The summed E-state index contributed by atoms with van der Waals surface area (Å²) in [6, 6.07) is 5.01. The van der Waals surface area contributed by atoms with Gasteiger partial charge in [-0.1, -0.05) is 12.1 Å². The van der Waals surface area contributed by atoms with Gasteiger partial charge in [0.25, 0.3) is 0 Å². The van der Waals surface area contributed by atoms with Crippen molar-refractivity contribution < 1.29 is 18.0 Å². The molecule has 1 aromatic heterocycles. The first-order chi connectivity index (χ1) is 13.1. The number of likely N-dealkylation sites (N-methyl/N-ethyl adjacent to an activating group) is 1. The predicted octanol–water partition coefficient (Wildman–Crippen LogP) is 2.79. The van der Waals surface area contributed by atoms with Crippen molar-refractivity contribution in [1.29, 1.82) is 0 Å². The Balaban J connectivity index is 2.09. The molecule has 6 nitrogen and oxygen atoms in total. The molecule has 0 aliphatic heterocycles. The normalized spacial score (nSPS) is 12.0. The summed E-state index contributed by atoms with van der Waals surface area (Å²) in [5, 5.41) is 6.79. The number of aliphatic imine (C=N–C) groups is 1. The van der Waals surface area contributed by atoms with Crippen LogP contribution in [0.2, 0.25) is 0 Å². The van der Waals surface area contributed by atoms with Crippen LogP contribution in [-0.2, 0) is 24.1 Å². The minimum Gasteiger partial charge on any atom is -0.350 e. The highest BCUT2D eigenvalue weighted by molar-refractivity contribution is 7.11. The van der Waals surface area contributed by atoms with E-state index in [0.29, 0.717) is 18.1 Å². The first-order valence-electron chi connectivity index (χ1n) is 8.45. The second-order valence-corrected chi connectivity index (χ2v) is 7.54. The van der Waals surface area contributed by atoms with Crippen LogP contribution in [-0.4, -0.2) is 42.4 Å². The van der Waals surface area contributed by atoms with Crippen LogP contribution in [0.25, 0.3) is 0 Å². The second-order valence-electron chi connectivity index (χ2n) is 6.22. The van der Waals surface area contributed by atoms with Gasteiger partial charge in [0.05, 0.1) is 25.2 Å². The number of rotatable bonds is 6. The van der Waals surface area contributed by atoms with Crippen molar-refractivity contribution in [3.05, 3.63) is 51.5 Å². The van der Waals surface area contributed by atoms with E-state index in [9.17, 15) is 18.0 Å². The van der Waals surface area contributed by atoms with E-state index in [-0.39, 0.29) is 19.0 Å². The summed E-state index contributed by atoms with van der Waals surface area (Å²) in [4.78, 5) is 22.8. The molecular weight excluding hydrogens is 391 g/mol. The van der Waals surface area contributed by atoms with Crippen LogP contribution >= 0.6 is 11.3 Å². The molecule has 0 radical (unpaired) electrons. The Hall–Kier alpha value is -2.62. The number of thiazole rings is 1. The van der Waals surface area contributed by atoms with Crippen molar-refractivity contribution in [3.8, 4) is 0 Å². The van der Waals surface area contributed by atoms with Crippen molar-refractivity contribution in [2.45, 2.75) is 26.2 Å². The molecule has 10 heteroatoms. The van der Waals surface area contributed by atoms with Gasteiger partial charge in [0.2, 0.25) is 5.91 Å². The summed E-state index contributed by atoms with van der Waals surface area (Å²) in [5.74, 6) is 0.166. The molecule has 0 fully saturated rings. The van der Waals surface area contributed by atoms with E-state index in [4.69, 9.17) is 0 Å². The summed E-state index contributed by atoms with van der Waals surface area (Å²) >= 11 is 1.52. The Labute approximate surface area is 165 Å². The average Bonchev–Trinajstić information content (AvgIpc) is 3.05. The lowest BCUT2D eigenvalue weighted by Gasteiger charge is -2.14. The SMILES string of the molecule is Cc1cnc(CNC(=NCc2cccc(C(F)(F)F)c2)NCC(=O)N(C)C)s1. The number of benzene rings is 1. The molecular formula is C18H22F3N5OS. The van der Waals surface area contributed by atoms with Gasteiger partial charge < -0.3 is 15.5 Å². The molecule has 152 valence electrons. The standard InChI is InChI=1S/C18H22F3N5OS/c1-12-8-22-15(28-12)10-24-17(25-11-16(27)26(2)3)23-9-13-5-4-6-14(7-13)18(19,20)21/h4-8H,9-11H2,1-3H3,(H2,23,24,25). The van der Waals surface area contributed by atoms with Gasteiger partial charge in [-0.25, -0.2) is 9.98 Å². The van der Waals surface area contributed by atoms with E-state index in [1.165, 1.54) is 22.3 Å². The van der Waals surface area contributed by atoms with Gasteiger partial charge in [0.15, 0.2) is 5.96 Å². The monoisotopic (exact) mass is 413 g/mol. The van der Waals surface area contributed by atoms with Crippen LogP contribution < -0.4 is 10.6 Å². The maximum Gasteiger partial charge on any atom is 0.416 e. The largest absolute Gasteiger partial charge is 0.416 e. The van der Waals surface area contributed by atoms with Gasteiger partial charge in [-0.2, -0.15) is 13.2 Å². The molecule has 0 saturated heterocycles. The quantitative estimate of drug-likeness (QED) is 0.565. The Morgan fingerprint density at radius 2 is 2.04 bits per heavy atom. The van der Waals surface area contributed by atoms with Gasteiger partial charge in [-0.05, 0) is 24.6 Å². The minimum absolute atomic E-state index is 0.0122. The zero-order chi connectivity index (χ0) is 20.7. The van der Waals surface area contributed by atoms with Crippen LogP contribution in [0.3, 0.4) is 0 Å². The van der Waals surface area contributed by atoms with Crippen LogP contribution in [0, 0.1) is 6.92 Å². The zero-order valence-corrected chi connectivity index (χ0v) is 16.6. The van der Waals surface area contributed by atoms with E-state index < -0.39 is 11.7 Å². The van der Waals surface area contributed by atoms with Crippen LogP contribution in [0.1, 0.15) is 21.0 Å². The smallest absolute Gasteiger partial charge is 0.350 e. The first-order valence-corrected chi connectivity index (χ1v) is 9.26. The summed E-state index contributed by atoms with van der Waals surface area (Å²) in [6.45, 7) is 2.38. The highest BCUT2D eigenvalue weighted by Crippen LogP contribution is 2.29. The molecule has 2 N–H and O–H groups in total. The van der Waals surface area contributed by atoms with Gasteiger partial charge in [-0.3, -0.25) is 4.79 Å². The van der Waals surface area contributed by atoms with Crippen molar-refractivity contribution in [2.75, 3.05) is 20.6 Å². The Morgan fingerprint density at radius 1 is 1.29 bits per heavy atom. The second kappa shape index (κ2) is 9.54. The van der Waals surface area contributed by atoms with Crippen LogP contribution in [0.5, 0.6) is 0 Å². The van der Waals surface area contributed by atoms with E-state index in [1.54, 1.807) is 26.4 Å². The lowest BCUT2D eigenvalue weighted by atomic mass is 10.1. The molecule has 0 saturated carbocycles. The number of nitrogens with one attached hydrogen (secondary N) is 2. The Bertz CT molecular complexity index is 833. The topological polar surface area (TPSA) is 69.6 Å². The van der Waals surface area contributed by atoms with Gasteiger partial charge in [0, 0.05) is 25.2 Å². The molecule has 2 rings (SSSR count). The van der Waals surface area contributed by atoms with Crippen molar-refractivity contribution >= 4 is 23.2 Å². The molecule has 1 heterocycles. The summed E-state index contributed by atoms with van der Waals surface area (Å²) in [7, 11) is 3.27. The third kappa shape index (κ3) is 6.84. The van der Waals surface area contributed by atoms with E-state index in [1.807, 2.05) is 6.92 Å². The van der Waals surface area contributed by atoms with Crippen LogP contribution in [0.4, 0.5) is 13.2 Å². The number of alkyl halides is 3. The van der Waals surface area contributed by atoms with E-state index in [2.05, 4.69) is 20.6 Å². The fourth-order valence-corrected chi connectivity index (χ4v) is 2.88. The highest BCUT2D eigenvalue weighted by Gasteiger charge is 2.30.